The molecule has 0 atom stereocenters. The molecule has 0 aliphatic rings. The number of unbranched alkanes of at least 4 members (excludes halogenated alkanes) is 2. The molecule has 0 unspecified atom stereocenters. The molecule has 6 heteroatoms. The zero-order valence-corrected chi connectivity index (χ0v) is 11.4. The van der Waals surface area contributed by atoms with E-state index in [0.717, 1.165) is 35.7 Å². The van der Waals surface area contributed by atoms with Crippen molar-refractivity contribution in [2.75, 3.05) is 37.1 Å². The number of nitrogen functional groups attached to an aromatic ring is 1. The van der Waals surface area contributed by atoms with Gasteiger partial charge >= 0.3 is 0 Å². The SMILES string of the molecule is CSc1c(N)nsc1N(C)CCCCCO. The van der Waals surface area contributed by atoms with Gasteiger partial charge in [0.1, 0.15) is 5.00 Å². The second kappa shape index (κ2) is 6.98. The van der Waals surface area contributed by atoms with Crippen molar-refractivity contribution in [3.8, 4) is 0 Å². The summed E-state index contributed by atoms with van der Waals surface area (Å²) < 4.78 is 4.17. The number of aliphatic hydroxyl groups excluding tert-OH is 1. The fraction of sp³-hybridized carbons (Fsp3) is 0.700. The molecule has 0 bridgehead atoms. The molecular weight excluding hydrogens is 242 g/mol. The topological polar surface area (TPSA) is 62.4 Å². The molecule has 0 aliphatic heterocycles. The van der Waals surface area contributed by atoms with Crippen molar-refractivity contribution >= 4 is 34.1 Å². The number of hydrogen-bond acceptors (Lipinski definition) is 6. The molecule has 0 aliphatic carbocycles. The average molecular weight is 261 g/mol. The van der Waals surface area contributed by atoms with Crippen molar-refractivity contribution in [2.24, 2.45) is 0 Å². The van der Waals surface area contributed by atoms with Crippen LogP contribution in [0.1, 0.15) is 19.3 Å². The molecule has 0 radical (unpaired) electrons. The molecule has 4 nitrogen and oxygen atoms in total. The molecule has 1 heterocycles. The zero-order valence-electron chi connectivity index (χ0n) is 9.77. The zero-order chi connectivity index (χ0) is 12.0. The van der Waals surface area contributed by atoms with Gasteiger partial charge in [-0.3, -0.25) is 0 Å². The van der Waals surface area contributed by atoms with E-state index in [1.54, 1.807) is 11.8 Å². The molecule has 0 aromatic carbocycles. The first-order valence-corrected chi connectivity index (χ1v) is 7.31. The highest BCUT2D eigenvalue weighted by Crippen LogP contribution is 2.36. The van der Waals surface area contributed by atoms with Crippen LogP contribution in [-0.2, 0) is 0 Å². The second-order valence-electron chi connectivity index (χ2n) is 3.61. The van der Waals surface area contributed by atoms with Crippen LogP contribution in [-0.4, -0.2) is 35.9 Å². The summed E-state index contributed by atoms with van der Waals surface area (Å²) in [6.07, 6.45) is 5.05. The van der Waals surface area contributed by atoms with Crippen molar-refractivity contribution in [1.29, 1.82) is 0 Å². The van der Waals surface area contributed by atoms with E-state index in [1.807, 2.05) is 6.26 Å². The third-order valence-corrected chi connectivity index (χ3v) is 4.28. The lowest BCUT2D eigenvalue weighted by molar-refractivity contribution is 0.283. The number of hydrogen-bond donors (Lipinski definition) is 2. The van der Waals surface area contributed by atoms with Gasteiger partial charge in [-0.1, -0.05) is 0 Å². The second-order valence-corrected chi connectivity index (χ2v) is 5.18. The first-order valence-electron chi connectivity index (χ1n) is 5.31. The Bertz CT molecular complexity index is 317. The summed E-state index contributed by atoms with van der Waals surface area (Å²) in [5, 5.41) is 9.84. The van der Waals surface area contributed by atoms with E-state index >= 15 is 0 Å². The van der Waals surface area contributed by atoms with E-state index in [0.29, 0.717) is 5.82 Å². The lowest BCUT2D eigenvalue weighted by Crippen LogP contribution is -2.18. The highest BCUT2D eigenvalue weighted by atomic mass is 32.2. The van der Waals surface area contributed by atoms with E-state index in [-0.39, 0.29) is 6.61 Å². The Morgan fingerprint density at radius 1 is 1.44 bits per heavy atom. The van der Waals surface area contributed by atoms with Crippen molar-refractivity contribution in [3.05, 3.63) is 0 Å². The molecular formula is C10H19N3OS2. The van der Waals surface area contributed by atoms with Crippen LogP contribution in [0.3, 0.4) is 0 Å². The lowest BCUT2D eigenvalue weighted by Gasteiger charge is -2.17. The van der Waals surface area contributed by atoms with Crippen molar-refractivity contribution in [2.45, 2.75) is 24.2 Å². The van der Waals surface area contributed by atoms with Crippen LogP contribution < -0.4 is 10.6 Å². The molecule has 3 N–H and O–H groups in total. The van der Waals surface area contributed by atoms with E-state index in [2.05, 4.69) is 16.3 Å². The minimum Gasteiger partial charge on any atom is -0.396 e. The fourth-order valence-electron chi connectivity index (χ4n) is 1.46. The Morgan fingerprint density at radius 2 is 2.19 bits per heavy atom. The fourth-order valence-corrected chi connectivity index (χ4v) is 3.16. The van der Waals surface area contributed by atoms with E-state index in [1.165, 1.54) is 11.5 Å². The Balaban J connectivity index is 2.48. The number of thioether (sulfide) groups is 1. The Kier molecular flexibility index (Phi) is 5.94. The summed E-state index contributed by atoms with van der Waals surface area (Å²) >= 11 is 3.10. The Hall–Kier alpha value is -0.460. The maximum absolute atomic E-state index is 8.69. The summed E-state index contributed by atoms with van der Waals surface area (Å²) in [6.45, 7) is 1.27. The predicted octanol–water partition coefficient (Wildman–Crippen LogP) is 2.05. The van der Waals surface area contributed by atoms with Crippen molar-refractivity contribution in [1.82, 2.24) is 4.37 Å². The van der Waals surface area contributed by atoms with Gasteiger partial charge < -0.3 is 15.7 Å². The van der Waals surface area contributed by atoms with Gasteiger partial charge in [0.05, 0.1) is 4.90 Å². The van der Waals surface area contributed by atoms with Gasteiger partial charge in [-0.25, -0.2) is 0 Å². The highest BCUT2D eigenvalue weighted by molar-refractivity contribution is 7.99. The summed E-state index contributed by atoms with van der Waals surface area (Å²) in [7, 11) is 2.06. The normalized spacial score (nSPS) is 10.7. The van der Waals surface area contributed by atoms with Crippen LogP contribution in [0, 0.1) is 0 Å². The number of aromatic nitrogens is 1. The Labute approximate surface area is 105 Å². The van der Waals surface area contributed by atoms with Crippen LogP contribution in [0.25, 0.3) is 0 Å². The molecule has 0 fully saturated rings. The summed E-state index contributed by atoms with van der Waals surface area (Å²) in [5.74, 6) is 0.634. The van der Waals surface area contributed by atoms with Crippen LogP contribution in [0.15, 0.2) is 4.90 Å². The number of anilines is 2. The smallest absolute Gasteiger partial charge is 0.153 e. The number of nitrogens with zero attached hydrogens (tertiary/aromatic N) is 2. The maximum atomic E-state index is 8.69. The summed E-state index contributed by atoms with van der Waals surface area (Å²) in [4.78, 5) is 3.27. The largest absolute Gasteiger partial charge is 0.396 e. The first-order chi connectivity index (χ1) is 7.70. The van der Waals surface area contributed by atoms with Gasteiger partial charge in [-0.15, -0.1) is 11.8 Å². The first kappa shape index (κ1) is 13.6. The van der Waals surface area contributed by atoms with Crippen LogP contribution in [0.4, 0.5) is 10.8 Å². The number of rotatable bonds is 7. The molecule has 0 amide bonds. The monoisotopic (exact) mass is 261 g/mol. The molecule has 1 aromatic rings. The van der Waals surface area contributed by atoms with Gasteiger partial charge in [0.15, 0.2) is 5.82 Å². The van der Waals surface area contributed by atoms with Crippen LogP contribution >= 0.6 is 23.3 Å². The van der Waals surface area contributed by atoms with E-state index in [4.69, 9.17) is 10.8 Å². The van der Waals surface area contributed by atoms with Crippen LogP contribution in [0.2, 0.25) is 0 Å². The van der Waals surface area contributed by atoms with E-state index in [9.17, 15) is 0 Å². The molecule has 16 heavy (non-hydrogen) atoms. The maximum Gasteiger partial charge on any atom is 0.153 e. The third-order valence-electron chi connectivity index (χ3n) is 2.36. The standard InChI is InChI=1S/C10H19N3OS2/c1-13(6-4-3-5-7-14)10-8(15-2)9(11)12-16-10/h14H,3-7H2,1-2H3,(H2,11,12). The predicted molar refractivity (Wildman–Crippen MR) is 72.5 cm³/mol. The summed E-state index contributed by atoms with van der Waals surface area (Å²) in [6, 6.07) is 0. The minimum absolute atomic E-state index is 0.285. The molecule has 1 aromatic heterocycles. The van der Waals surface area contributed by atoms with Gasteiger partial charge in [-0.05, 0) is 37.1 Å². The molecule has 0 spiro atoms. The number of aliphatic hydroxyl groups is 1. The van der Waals surface area contributed by atoms with Gasteiger partial charge in [0.25, 0.3) is 0 Å². The number of nitrogens with two attached hydrogens (primary N) is 1. The molecule has 1 rings (SSSR count). The average Bonchev–Trinajstić information content (AvgIpc) is 2.65. The van der Waals surface area contributed by atoms with Crippen molar-refractivity contribution in [3.63, 3.8) is 0 Å². The lowest BCUT2D eigenvalue weighted by atomic mass is 10.2. The molecule has 0 saturated heterocycles. The van der Waals surface area contributed by atoms with Crippen LogP contribution in [0.5, 0.6) is 0 Å². The van der Waals surface area contributed by atoms with Gasteiger partial charge in [-0.2, -0.15) is 4.37 Å². The Morgan fingerprint density at radius 3 is 2.81 bits per heavy atom. The molecule has 0 saturated carbocycles. The minimum atomic E-state index is 0.285. The summed E-state index contributed by atoms with van der Waals surface area (Å²) in [5.41, 5.74) is 5.78. The van der Waals surface area contributed by atoms with Crippen molar-refractivity contribution < 1.29 is 5.11 Å². The highest BCUT2D eigenvalue weighted by Gasteiger charge is 2.13. The van der Waals surface area contributed by atoms with Gasteiger partial charge in [0.2, 0.25) is 0 Å². The third kappa shape index (κ3) is 3.54. The quantitative estimate of drug-likeness (QED) is 0.581. The molecule has 92 valence electrons. The van der Waals surface area contributed by atoms with E-state index < -0.39 is 0 Å². The van der Waals surface area contributed by atoms with Gasteiger partial charge in [0, 0.05) is 20.2 Å².